The maximum atomic E-state index is 10.8. The van der Waals surface area contributed by atoms with Gasteiger partial charge in [-0.25, -0.2) is 0 Å². The van der Waals surface area contributed by atoms with Crippen LogP contribution in [0.5, 0.6) is 0 Å². The van der Waals surface area contributed by atoms with Crippen LogP contribution in [0.2, 0.25) is 0 Å². The van der Waals surface area contributed by atoms with Gasteiger partial charge in [-0.3, -0.25) is 14.9 Å². The third-order valence-corrected chi connectivity index (χ3v) is 3.41. The summed E-state index contributed by atoms with van der Waals surface area (Å²) in [5.41, 5.74) is 0.834. The molecule has 6 nitrogen and oxygen atoms in total. The van der Waals surface area contributed by atoms with Gasteiger partial charge >= 0.3 is 5.97 Å². The van der Waals surface area contributed by atoms with Crippen molar-refractivity contribution in [2.45, 2.75) is 6.92 Å². The predicted molar refractivity (Wildman–Crippen MR) is 65.6 cm³/mol. The first-order valence-electron chi connectivity index (χ1n) is 5.71. The van der Waals surface area contributed by atoms with Gasteiger partial charge in [-0.2, -0.15) is 0 Å². The number of non-ortho nitro benzene ring substituents is 1. The van der Waals surface area contributed by atoms with Crippen molar-refractivity contribution in [1.82, 2.24) is 0 Å². The van der Waals surface area contributed by atoms with E-state index in [0.29, 0.717) is 13.1 Å². The molecule has 1 heterocycles. The second-order valence-electron chi connectivity index (χ2n) is 4.57. The van der Waals surface area contributed by atoms with E-state index < -0.39 is 10.9 Å². The third kappa shape index (κ3) is 2.27. The highest BCUT2D eigenvalue weighted by Crippen LogP contribution is 2.31. The zero-order valence-electron chi connectivity index (χ0n) is 9.94. The van der Waals surface area contributed by atoms with E-state index in [-0.39, 0.29) is 17.5 Å². The summed E-state index contributed by atoms with van der Waals surface area (Å²) in [7, 11) is 0. The van der Waals surface area contributed by atoms with E-state index in [0.717, 1.165) is 5.69 Å². The van der Waals surface area contributed by atoms with Crippen molar-refractivity contribution in [3.05, 3.63) is 34.4 Å². The molecule has 1 atom stereocenters. The smallest absolute Gasteiger partial charge is 0.306 e. The average molecular weight is 250 g/mol. The molecule has 1 saturated heterocycles. The molecule has 0 aliphatic carbocycles. The van der Waals surface area contributed by atoms with Gasteiger partial charge in [0.25, 0.3) is 5.69 Å². The molecule has 0 bridgehead atoms. The van der Waals surface area contributed by atoms with Crippen LogP contribution in [0.1, 0.15) is 6.92 Å². The number of anilines is 1. The van der Waals surface area contributed by atoms with E-state index in [2.05, 4.69) is 0 Å². The summed E-state index contributed by atoms with van der Waals surface area (Å²) in [5.74, 6) is -1.06. The zero-order valence-corrected chi connectivity index (χ0v) is 9.94. The average Bonchev–Trinajstić information content (AvgIpc) is 2.27. The minimum Gasteiger partial charge on any atom is -0.481 e. The summed E-state index contributed by atoms with van der Waals surface area (Å²) < 4.78 is 0. The number of carbonyl (C=O) groups is 1. The minimum absolute atomic E-state index is 0.0576. The van der Waals surface area contributed by atoms with Gasteiger partial charge in [0.2, 0.25) is 0 Å². The van der Waals surface area contributed by atoms with Crippen molar-refractivity contribution in [2.24, 2.45) is 11.8 Å². The summed E-state index contributed by atoms with van der Waals surface area (Å²) in [4.78, 5) is 23.0. The molecule has 1 fully saturated rings. The Bertz CT molecular complexity index is 483. The van der Waals surface area contributed by atoms with Crippen LogP contribution in [-0.2, 0) is 4.79 Å². The van der Waals surface area contributed by atoms with Gasteiger partial charge in [0.05, 0.1) is 10.8 Å². The summed E-state index contributed by atoms with van der Waals surface area (Å²) in [6.07, 6.45) is 0. The van der Waals surface area contributed by atoms with Gasteiger partial charge < -0.3 is 10.0 Å². The molecule has 0 aromatic heterocycles. The highest BCUT2D eigenvalue weighted by molar-refractivity contribution is 5.70. The molecule has 0 spiro atoms. The molecule has 0 radical (unpaired) electrons. The second kappa shape index (κ2) is 4.64. The Balaban J connectivity index is 2.02. The van der Waals surface area contributed by atoms with Gasteiger partial charge in [-0.1, -0.05) is 13.0 Å². The molecule has 1 unspecified atom stereocenters. The van der Waals surface area contributed by atoms with Gasteiger partial charge in [0, 0.05) is 36.8 Å². The number of nitrogens with zero attached hydrogens (tertiary/aromatic N) is 2. The van der Waals surface area contributed by atoms with E-state index in [1.807, 2.05) is 4.90 Å². The molecule has 1 aromatic rings. The van der Waals surface area contributed by atoms with Crippen LogP contribution in [0, 0.1) is 22.0 Å². The molecular weight excluding hydrogens is 236 g/mol. The Hall–Kier alpha value is -2.11. The lowest BCUT2D eigenvalue weighted by atomic mass is 9.86. The Morgan fingerprint density at radius 1 is 1.56 bits per heavy atom. The standard InChI is InChI=1S/C12H14N2O4/c1-8(12(15)16)9-6-13(7-9)10-3-2-4-11(5-10)14(17)18/h2-5,8-9H,6-7H2,1H3,(H,15,16). The largest absolute Gasteiger partial charge is 0.481 e. The Labute approximate surface area is 104 Å². The van der Waals surface area contributed by atoms with Gasteiger partial charge in [-0.15, -0.1) is 0 Å². The van der Waals surface area contributed by atoms with Gasteiger partial charge in [-0.05, 0) is 6.07 Å². The first-order valence-corrected chi connectivity index (χ1v) is 5.71. The lowest BCUT2D eigenvalue weighted by Crippen LogP contribution is -2.51. The van der Waals surface area contributed by atoms with Crippen LogP contribution >= 0.6 is 0 Å². The molecule has 1 aromatic carbocycles. The topological polar surface area (TPSA) is 83.7 Å². The lowest BCUT2D eigenvalue weighted by Gasteiger charge is -2.42. The van der Waals surface area contributed by atoms with Crippen molar-refractivity contribution in [3.63, 3.8) is 0 Å². The van der Waals surface area contributed by atoms with Gasteiger partial charge in [0.1, 0.15) is 0 Å². The minimum atomic E-state index is -0.793. The number of hydrogen-bond donors (Lipinski definition) is 1. The summed E-state index contributed by atoms with van der Waals surface area (Å²) in [6, 6.07) is 6.40. The highest BCUT2D eigenvalue weighted by atomic mass is 16.6. The van der Waals surface area contributed by atoms with Gasteiger partial charge in [0.15, 0.2) is 0 Å². The maximum Gasteiger partial charge on any atom is 0.306 e. The first kappa shape index (κ1) is 12.3. The molecule has 1 aliphatic rings. The molecule has 1 aliphatic heterocycles. The normalized spacial score (nSPS) is 17.1. The zero-order chi connectivity index (χ0) is 13.3. The molecule has 96 valence electrons. The molecule has 18 heavy (non-hydrogen) atoms. The first-order chi connectivity index (χ1) is 8.49. The molecule has 0 amide bonds. The summed E-state index contributed by atoms with van der Waals surface area (Å²) in [5, 5.41) is 19.5. The Morgan fingerprint density at radius 2 is 2.22 bits per heavy atom. The van der Waals surface area contributed by atoms with Crippen LogP contribution in [0.15, 0.2) is 24.3 Å². The fraction of sp³-hybridized carbons (Fsp3) is 0.417. The Morgan fingerprint density at radius 3 is 2.78 bits per heavy atom. The van der Waals surface area contributed by atoms with Crippen LogP contribution in [0.4, 0.5) is 11.4 Å². The van der Waals surface area contributed by atoms with Crippen molar-refractivity contribution in [2.75, 3.05) is 18.0 Å². The Kier molecular flexibility index (Phi) is 3.18. The number of aliphatic carboxylic acids is 1. The van der Waals surface area contributed by atoms with Crippen molar-refractivity contribution < 1.29 is 14.8 Å². The van der Waals surface area contributed by atoms with Crippen LogP contribution in [0.3, 0.4) is 0 Å². The van der Waals surface area contributed by atoms with E-state index in [9.17, 15) is 14.9 Å². The van der Waals surface area contributed by atoms with Crippen molar-refractivity contribution in [3.8, 4) is 0 Å². The van der Waals surface area contributed by atoms with Crippen LogP contribution in [-0.4, -0.2) is 29.1 Å². The predicted octanol–water partition coefficient (Wildman–Crippen LogP) is 1.75. The monoisotopic (exact) mass is 250 g/mol. The van der Waals surface area contributed by atoms with Crippen LogP contribution in [0.25, 0.3) is 0 Å². The number of nitro benzene ring substituents is 1. The molecule has 6 heteroatoms. The van der Waals surface area contributed by atoms with E-state index in [4.69, 9.17) is 5.11 Å². The number of carboxylic acids is 1. The van der Waals surface area contributed by atoms with Crippen molar-refractivity contribution in [1.29, 1.82) is 0 Å². The number of carboxylic acid groups (broad SMARTS) is 1. The number of benzene rings is 1. The molecule has 0 saturated carbocycles. The van der Waals surface area contributed by atoms with Crippen LogP contribution < -0.4 is 4.90 Å². The fourth-order valence-corrected chi connectivity index (χ4v) is 2.04. The highest BCUT2D eigenvalue weighted by Gasteiger charge is 2.35. The van der Waals surface area contributed by atoms with E-state index in [1.165, 1.54) is 12.1 Å². The van der Waals surface area contributed by atoms with Crippen molar-refractivity contribution >= 4 is 17.3 Å². The third-order valence-electron chi connectivity index (χ3n) is 3.41. The fourth-order valence-electron chi connectivity index (χ4n) is 2.04. The summed E-state index contributed by atoms with van der Waals surface area (Å²) >= 11 is 0. The second-order valence-corrected chi connectivity index (χ2v) is 4.57. The molecular formula is C12H14N2O4. The van der Waals surface area contributed by atoms with E-state index >= 15 is 0 Å². The summed E-state index contributed by atoms with van der Waals surface area (Å²) in [6.45, 7) is 2.96. The molecule has 1 N–H and O–H groups in total. The number of rotatable bonds is 4. The number of nitro groups is 1. The molecule has 2 rings (SSSR count). The lowest BCUT2D eigenvalue weighted by molar-refractivity contribution is -0.384. The number of hydrogen-bond acceptors (Lipinski definition) is 4. The maximum absolute atomic E-state index is 10.8. The SMILES string of the molecule is CC(C(=O)O)C1CN(c2cccc([N+](=O)[O-])c2)C1. The quantitative estimate of drug-likeness (QED) is 0.650. The van der Waals surface area contributed by atoms with E-state index in [1.54, 1.807) is 19.1 Å².